The number of nitrogens with zero attached hydrogens (tertiary/aromatic N) is 3. The van der Waals surface area contributed by atoms with Crippen LogP contribution >= 0.6 is 0 Å². The van der Waals surface area contributed by atoms with E-state index in [1.54, 1.807) is 0 Å². The van der Waals surface area contributed by atoms with Gasteiger partial charge < -0.3 is 5.73 Å². The fraction of sp³-hybridized carbons (Fsp3) is 0.250. The molecule has 1 aliphatic carbocycles. The van der Waals surface area contributed by atoms with Crippen LogP contribution in [0.4, 0.5) is 5.95 Å². The van der Waals surface area contributed by atoms with Crippen molar-refractivity contribution in [3.8, 4) is 11.3 Å². The molecule has 80 valence electrons. The van der Waals surface area contributed by atoms with Gasteiger partial charge in [-0.15, -0.1) is 0 Å². The summed E-state index contributed by atoms with van der Waals surface area (Å²) in [5, 5.41) is 0. The van der Waals surface area contributed by atoms with Crippen molar-refractivity contribution in [3.05, 3.63) is 35.3 Å². The molecule has 0 radical (unpaired) electrons. The number of hydrogen-bond acceptors (Lipinski definition) is 4. The summed E-state index contributed by atoms with van der Waals surface area (Å²) in [6.45, 7) is 2.00. The van der Waals surface area contributed by atoms with Crippen LogP contribution in [0.1, 0.15) is 17.0 Å². The number of anilines is 1. The molecule has 4 nitrogen and oxygen atoms in total. The van der Waals surface area contributed by atoms with Crippen LogP contribution in [-0.2, 0) is 12.8 Å². The number of nitrogen functional groups attached to an aromatic ring is 1. The molecule has 0 amide bonds. The zero-order chi connectivity index (χ0) is 11.1. The highest BCUT2D eigenvalue weighted by atomic mass is 15.0. The van der Waals surface area contributed by atoms with Crippen LogP contribution in [-0.4, -0.2) is 15.0 Å². The summed E-state index contributed by atoms with van der Waals surface area (Å²) in [7, 11) is 0. The van der Waals surface area contributed by atoms with Crippen molar-refractivity contribution in [1.29, 1.82) is 0 Å². The van der Waals surface area contributed by atoms with Crippen LogP contribution < -0.4 is 5.73 Å². The predicted octanol–water partition coefficient (Wildman–Crippen LogP) is 1.53. The molecular weight excluding hydrogens is 200 g/mol. The van der Waals surface area contributed by atoms with Gasteiger partial charge in [0, 0.05) is 17.5 Å². The van der Waals surface area contributed by atoms with E-state index in [0.29, 0.717) is 5.95 Å². The molecule has 0 unspecified atom stereocenters. The zero-order valence-electron chi connectivity index (χ0n) is 9.07. The second-order valence-electron chi connectivity index (χ2n) is 4.05. The van der Waals surface area contributed by atoms with Crippen LogP contribution in [0.15, 0.2) is 18.3 Å². The van der Waals surface area contributed by atoms with E-state index in [1.807, 2.05) is 19.2 Å². The van der Waals surface area contributed by atoms with E-state index in [-0.39, 0.29) is 0 Å². The predicted molar refractivity (Wildman–Crippen MR) is 61.8 cm³/mol. The van der Waals surface area contributed by atoms with Gasteiger partial charge in [-0.2, -0.15) is 0 Å². The molecule has 2 N–H and O–H groups in total. The summed E-state index contributed by atoms with van der Waals surface area (Å²) in [5.74, 6) is 0.326. The van der Waals surface area contributed by atoms with Gasteiger partial charge in [0.2, 0.25) is 5.95 Å². The molecule has 0 aliphatic heterocycles. The minimum absolute atomic E-state index is 0.326. The number of fused-ring (bicyclic) bond motifs is 3. The number of aromatic nitrogens is 3. The van der Waals surface area contributed by atoms with Gasteiger partial charge in [0.1, 0.15) is 0 Å². The monoisotopic (exact) mass is 212 g/mol. The molecule has 3 rings (SSSR count). The number of rotatable bonds is 0. The summed E-state index contributed by atoms with van der Waals surface area (Å²) >= 11 is 0. The van der Waals surface area contributed by atoms with Gasteiger partial charge in [-0.1, -0.05) is 0 Å². The molecule has 2 heterocycles. The van der Waals surface area contributed by atoms with Crippen molar-refractivity contribution in [2.45, 2.75) is 19.8 Å². The number of aryl methyl sites for hydroxylation is 3. The van der Waals surface area contributed by atoms with E-state index >= 15 is 0 Å². The molecule has 16 heavy (non-hydrogen) atoms. The Morgan fingerprint density at radius 2 is 2.06 bits per heavy atom. The molecule has 0 spiro atoms. The third-order valence-corrected chi connectivity index (χ3v) is 2.88. The van der Waals surface area contributed by atoms with Crippen LogP contribution in [0.3, 0.4) is 0 Å². The molecule has 0 saturated heterocycles. The van der Waals surface area contributed by atoms with Crippen molar-refractivity contribution in [3.63, 3.8) is 0 Å². The van der Waals surface area contributed by atoms with Gasteiger partial charge in [-0.05, 0) is 37.5 Å². The lowest BCUT2D eigenvalue weighted by atomic mass is 9.93. The van der Waals surface area contributed by atoms with Crippen molar-refractivity contribution >= 4 is 5.95 Å². The van der Waals surface area contributed by atoms with E-state index in [0.717, 1.165) is 41.1 Å². The molecule has 0 bridgehead atoms. The fourth-order valence-corrected chi connectivity index (χ4v) is 2.11. The average molecular weight is 212 g/mol. The van der Waals surface area contributed by atoms with Gasteiger partial charge in [-0.3, -0.25) is 4.98 Å². The lowest BCUT2D eigenvalue weighted by molar-refractivity contribution is 0.867. The van der Waals surface area contributed by atoms with Crippen molar-refractivity contribution in [2.24, 2.45) is 0 Å². The molecule has 2 aromatic rings. The van der Waals surface area contributed by atoms with E-state index in [4.69, 9.17) is 5.73 Å². The summed E-state index contributed by atoms with van der Waals surface area (Å²) < 4.78 is 0. The Balaban J connectivity index is 2.25. The third kappa shape index (κ3) is 1.34. The number of hydrogen-bond donors (Lipinski definition) is 1. The molecule has 0 aromatic carbocycles. The number of pyridine rings is 1. The average Bonchev–Trinajstić information content (AvgIpc) is 2.28. The Hall–Kier alpha value is -1.97. The van der Waals surface area contributed by atoms with Gasteiger partial charge in [0.05, 0.1) is 11.4 Å². The maximum Gasteiger partial charge on any atom is 0.220 e. The maximum atomic E-state index is 5.63. The minimum atomic E-state index is 0.326. The standard InChI is InChI=1S/C12H12N4/c1-7-2-4-9-10(15-7)5-3-8-6-14-12(13)16-11(8)9/h2,4,6H,3,5H2,1H3,(H2,13,14,16). The Labute approximate surface area is 93.6 Å². The van der Waals surface area contributed by atoms with Crippen molar-refractivity contribution in [2.75, 3.05) is 5.73 Å². The minimum Gasteiger partial charge on any atom is -0.368 e. The number of nitrogens with two attached hydrogens (primary N) is 1. The largest absolute Gasteiger partial charge is 0.368 e. The summed E-state index contributed by atoms with van der Waals surface area (Å²) in [5.41, 5.74) is 11.0. The quantitative estimate of drug-likeness (QED) is 0.719. The summed E-state index contributed by atoms with van der Waals surface area (Å²) in [4.78, 5) is 12.9. The van der Waals surface area contributed by atoms with Gasteiger partial charge in [-0.25, -0.2) is 9.97 Å². The van der Waals surface area contributed by atoms with E-state index in [2.05, 4.69) is 21.0 Å². The molecule has 0 atom stereocenters. The molecular formula is C12H12N4. The first kappa shape index (κ1) is 9.27. The topological polar surface area (TPSA) is 64.7 Å². The smallest absolute Gasteiger partial charge is 0.220 e. The van der Waals surface area contributed by atoms with E-state index < -0.39 is 0 Å². The Kier molecular flexibility index (Phi) is 1.89. The maximum absolute atomic E-state index is 5.63. The first-order chi connectivity index (χ1) is 7.74. The van der Waals surface area contributed by atoms with Crippen LogP contribution in [0.25, 0.3) is 11.3 Å². The third-order valence-electron chi connectivity index (χ3n) is 2.88. The lowest BCUT2D eigenvalue weighted by Crippen LogP contribution is -2.10. The normalized spacial score (nSPS) is 13.1. The summed E-state index contributed by atoms with van der Waals surface area (Å²) in [6, 6.07) is 4.08. The lowest BCUT2D eigenvalue weighted by Gasteiger charge is -2.17. The van der Waals surface area contributed by atoms with E-state index in [9.17, 15) is 0 Å². The first-order valence-electron chi connectivity index (χ1n) is 5.32. The molecule has 1 aliphatic rings. The summed E-state index contributed by atoms with van der Waals surface area (Å²) in [6.07, 6.45) is 3.72. The molecule has 4 heteroatoms. The highest BCUT2D eigenvalue weighted by Crippen LogP contribution is 2.30. The van der Waals surface area contributed by atoms with Crippen molar-refractivity contribution < 1.29 is 0 Å². The van der Waals surface area contributed by atoms with Gasteiger partial charge in [0.25, 0.3) is 0 Å². The SMILES string of the molecule is Cc1ccc2c(n1)CCc1cnc(N)nc1-2. The fourth-order valence-electron chi connectivity index (χ4n) is 2.11. The van der Waals surface area contributed by atoms with E-state index in [1.165, 1.54) is 0 Å². The van der Waals surface area contributed by atoms with Crippen molar-refractivity contribution in [1.82, 2.24) is 15.0 Å². The van der Waals surface area contributed by atoms with Gasteiger partial charge in [0.15, 0.2) is 0 Å². The second kappa shape index (κ2) is 3.27. The van der Waals surface area contributed by atoms with Crippen LogP contribution in [0, 0.1) is 6.92 Å². The second-order valence-corrected chi connectivity index (χ2v) is 4.05. The highest BCUT2D eigenvalue weighted by molar-refractivity contribution is 5.68. The Morgan fingerprint density at radius 3 is 2.94 bits per heavy atom. The van der Waals surface area contributed by atoms with Crippen LogP contribution in [0.5, 0.6) is 0 Å². The first-order valence-corrected chi connectivity index (χ1v) is 5.32. The molecule has 0 fully saturated rings. The Bertz CT molecular complexity index is 563. The highest BCUT2D eigenvalue weighted by Gasteiger charge is 2.18. The van der Waals surface area contributed by atoms with Crippen LogP contribution in [0.2, 0.25) is 0 Å². The molecule has 2 aromatic heterocycles. The van der Waals surface area contributed by atoms with Gasteiger partial charge >= 0.3 is 0 Å². The molecule has 0 saturated carbocycles. The Morgan fingerprint density at radius 1 is 1.19 bits per heavy atom. The zero-order valence-corrected chi connectivity index (χ0v) is 9.07.